The fourth-order valence-corrected chi connectivity index (χ4v) is 2.71. The summed E-state index contributed by atoms with van der Waals surface area (Å²) in [7, 11) is 0. The van der Waals surface area contributed by atoms with Crippen LogP contribution in [0.15, 0.2) is 29.6 Å². The van der Waals surface area contributed by atoms with Gasteiger partial charge in [0.15, 0.2) is 0 Å². The minimum atomic E-state index is 0.232. The maximum atomic E-state index is 9.43. The van der Waals surface area contributed by atoms with Gasteiger partial charge in [0.05, 0.1) is 5.01 Å². The zero-order valence-corrected chi connectivity index (χ0v) is 10.6. The summed E-state index contributed by atoms with van der Waals surface area (Å²) < 4.78 is 0. The Balaban J connectivity index is 2.15. The molecule has 0 saturated carbocycles. The first-order valence-electron chi connectivity index (χ1n) is 5.59. The molecular weight excluding hydrogens is 232 g/mol. The number of phenolic OH excluding ortho intramolecular Hbond substituents is 1. The molecule has 1 atom stereocenters. The van der Waals surface area contributed by atoms with Crippen molar-refractivity contribution in [3.63, 3.8) is 0 Å². The van der Waals surface area contributed by atoms with Gasteiger partial charge in [-0.25, -0.2) is 4.98 Å². The van der Waals surface area contributed by atoms with Gasteiger partial charge in [0.2, 0.25) is 0 Å². The van der Waals surface area contributed by atoms with Gasteiger partial charge < -0.3 is 10.8 Å². The van der Waals surface area contributed by atoms with E-state index >= 15 is 0 Å². The summed E-state index contributed by atoms with van der Waals surface area (Å²) in [5.74, 6) is 0.532. The summed E-state index contributed by atoms with van der Waals surface area (Å²) in [6.45, 7) is 2.56. The summed E-state index contributed by atoms with van der Waals surface area (Å²) in [6, 6.07) is 7.31. The molecule has 0 aliphatic rings. The van der Waals surface area contributed by atoms with Crippen molar-refractivity contribution < 1.29 is 5.11 Å². The Morgan fingerprint density at radius 3 is 2.88 bits per heavy atom. The lowest BCUT2D eigenvalue weighted by atomic mass is 10.00. The predicted octanol–water partition coefficient (Wildman–Crippen LogP) is 2.44. The molecule has 0 spiro atoms. The van der Waals surface area contributed by atoms with Crippen LogP contribution in [0.3, 0.4) is 0 Å². The molecule has 3 N–H and O–H groups in total. The third-order valence-electron chi connectivity index (χ3n) is 2.66. The predicted molar refractivity (Wildman–Crippen MR) is 70.5 cm³/mol. The van der Waals surface area contributed by atoms with E-state index in [2.05, 4.69) is 4.98 Å². The van der Waals surface area contributed by atoms with Gasteiger partial charge in [0.25, 0.3) is 0 Å². The van der Waals surface area contributed by atoms with Crippen LogP contribution >= 0.6 is 11.3 Å². The Morgan fingerprint density at radius 1 is 1.47 bits per heavy atom. The van der Waals surface area contributed by atoms with E-state index in [9.17, 15) is 5.11 Å². The van der Waals surface area contributed by atoms with Crippen LogP contribution in [-0.2, 0) is 6.42 Å². The molecule has 0 aliphatic carbocycles. The number of thiazole rings is 1. The van der Waals surface area contributed by atoms with E-state index < -0.39 is 0 Å². The van der Waals surface area contributed by atoms with Gasteiger partial charge in [-0.1, -0.05) is 12.1 Å². The van der Waals surface area contributed by atoms with Crippen molar-refractivity contribution in [2.24, 2.45) is 5.73 Å². The van der Waals surface area contributed by atoms with Crippen molar-refractivity contribution in [3.8, 4) is 5.75 Å². The van der Waals surface area contributed by atoms with Crippen LogP contribution < -0.4 is 5.73 Å². The van der Waals surface area contributed by atoms with E-state index in [4.69, 9.17) is 5.73 Å². The number of hydrogen-bond acceptors (Lipinski definition) is 4. The molecule has 4 heteroatoms. The molecule has 1 heterocycles. The molecule has 0 saturated heterocycles. The molecule has 1 aromatic carbocycles. The third kappa shape index (κ3) is 3.05. The van der Waals surface area contributed by atoms with Gasteiger partial charge in [-0.2, -0.15) is 0 Å². The highest BCUT2D eigenvalue weighted by molar-refractivity contribution is 7.09. The van der Waals surface area contributed by atoms with Crippen LogP contribution in [0.1, 0.15) is 22.2 Å². The Morgan fingerprint density at radius 2 is 2.29 bits per heavy atom. The maximum Gasteiger partial charge on any atom is 0.115 e. The van der Waals surface area contributed by atoms with Gasteiger partial charge >= 0.3 is 0 Å². The fraction of sp³-hybridized carbons (Fsp3) is 0.308. The van der Waals surface area contributed by atoms with Crippen molar-refractivity contribution in [1.29, 1.82) is 0 Å². The molecule has 0 radical (unpaired) electrons. The zero-order valence-electron chi connectivity index (χ0n) is 9.76. The van der Waals surface area contributed by atoms with Gasteiger partial charge in [0, 0.05) is 23.5 Å². The summed E-state index contributed by atoms with van der Waals surface area (Å²) in [5, 5.41) is 12.5. The first-order chi connectivity index (χ1) is 8.19. The Kier molecular flexibility index (Phi) is 3.76. The lowest BCUT2D eigenvalue weighted by Crippen LogP contribution is -2.14. The van der Waals surface area contributed by atoms with Crippen LogP contribution in [0.5, 0.6) is 5.75 Å². The molecule has 1 aromatic heterocycles. The van der Waals surface area contributed by atoms with Crippen LogP contribution in [0.25, 0.3) is 0 Å². The summed E-state index contributed by atoms with van der Waals surface area (Å²) in [4.78, 5) is 4.48. The number of nitrogens with zero attached hydrogens (tertiary/aromatic N) is 1. The molecular formula is C13H16N2OS. The molecule has 3 nitrogen and oxygen atoms in total. The highest BCUT2D eigenvalue weighted by Gasteiger charge is 2.14. The fourth-order valence-electron chi connectivity index (χ4n) is 1.80. The number of hydrogen-bond donors (Lipinski definition) is 2. The number of aromatic hydroxyl groups is 1. The second-order valence-corrected chi connectivity index (χ2v) is 5.02. The lowest BCUT2D eigenvalue weighted by molar-refractivity contribution is 0.474. The van der Waals surface area contributed by atoms with Crippen molar-refractivity contribution in [2.45, 2.75) is 19.3 Å². The molecule has 90 valence electrons. The van der Waals surface area contributed by atoms with Gasteiger partial charge in [-0.05, 0) is 31.0 Å². The first kappa shape index (κ1) is 12.1. The molecule has 17 heavy (non-hydrogen) atoms. The Bertz CT molecular complexity index is 496. The number of phenols is 1. The van der Waals surface area contributed by atoms with Gasteiger partial charge in [0.1, 0.15) is 5.75 Å². The van der Waals surface area contributed by atoms with Crippen molar-refractivity contribution >= 4 is 11.3 Å². The van der Waals surface area contributed by atoms with E-state index in [1.54, 1.807) is 23.5 Å². The average molecular weight is 248 g/mol. The minimum Gasteiger partial charge on any atom is -0.508 e. The smallest absolute Gasteiger partial charge is 0.115 e. The minimum absolute atomic E-state index is 0.232. The van der Waals surface area contributed by atoms with Gasteiger partial charge in [-0.15, -0.1) is 11.3 Å². The van der Waals surface area contributed by atoms with Crippen molar-refractivity contribution in [2.75, 3.05) is 6.54 Å². The van der Waals surface area contributed by atoms with Crippen LogP contribution in [0.2, 0.25) is 0 Å². The topological polar surface area (TPSA) is 59.1 Å². The molecule has 0 bridgehead atoms. The standard InChI is InChI=1S/C13H16N2OS/c1-9-8-17-13(15-9)11(7-14)5-10-3-2-4-12(16)6-10/h2-4,6,8,11,16H,5,7,14H2,1H3. The lowest BCUT2D eigenvalue weighted by Gasteiger charge is -2.11. The second kappa shape index (κ2) is 5.29. The quantitative estimate of drug-likeness (QED) is 0.873. The summed E-state index contributed by atoms with van der Waals surface area (Å²) in [5.41, 5.74) is 7.94. The van der Waals surface area contributed by atoms with Crippen LogP contribution in [0.4, 0.5) is 0 Å². The van der Waals surface area contributed by atoms with Crippen molar-refractivity contribution in [1.82, 2.24) is 4.98 Å². The SMILES string of the molecule is Cc1csc(C(CN)Cc2cccc(O)c2)n1. The number of aromatic nitrogens is 1. The largest absolute Gasteiger partial charge is 0.508 e. The molecule has 2 rings (SSSR count). The Labute approximate surface area is 105 Å². The molecule has 2 aromatic rings. The Hall–Kier alpha value is -1.39. The van der Waals surface area contributed by atoms with E-state index in [0.29, 0.717) is 12.3 Å². The number of rotatable bonds is 4. The molecule has 0 fully saturated rings. The monoisotopic (exact) mass is 248 g/mol. The third-order valence-corrected chi connectivity index (χ3v) is 3.79. The zero-order chi connectivity index (χ0) is 12.3. The number of benzene rings is 1. The number of aryl methyl sites for hydroxylation is 1. The van der Waals surface area contributed by atoms with Crippen molar-refractivity contribution in [3.05, 3.63) is 45.9 Å². The first-order valence-corrected chi connectivity index (χ1v) is 6.47. The normalized spacial score (nSPS) is 12.6. The van der Waals surface area contributed by atoms with E-state index in [1.807, 2.05) is 24.4 Å². The van der Waals surface area contributed by atoms with Gasteiger partial charge in [-0.3, -0.25) is 0 Å². The molecule has 0 aliphatic heterocycles. The van der Waals surface area contributed by atoms with E-state index in [-0.39, 0.29) is 5.92 Å². The summed E-state index contributed by atoms with van der Waals surface area (Å²) >= 11 is 1.65. The number of nitrogens with two attached hydrogens (primary N) is 1. The summed E-state index contributed by atoms with van der Waals surface area (Å²) in [6.07, 6.45) is 0.817. The molecule has 0 amide bonds. The molecule has 1 unspecified atom stereocenters. The average Bonchev–Trinajstić information content (AvgIpc) is 2.73. The van der Waals surface area contributed by atoms with E-state index in [0.717, 1.165) is 22.7 Å². The highest BCUT2D eigenvalue weighted by Crippen LogP contribution is 2.24. The highest BCUT2D eigenvalue weighted by atomic mass is 32.1. The van der Waals surface area contributed by atoms with Crippen LogP contribution in [0, 0.1) is 6.92 Å². The van der Waals surface area contributed by atoms with E-state index in [1.165, 1.54) is 0 Å². The van der Waals surface area contributed by atoms with Crippen LogP contribution in [-0.4, -0.2) is 16.6 Å². The second-order valence-electron chi connectivity index (χ2n) is 4.13. The maximum absolute atomic E-state index is 9.43.